The lowest BCUT2D eigenvalue weighted by molar-refractivity contribution is 0.0784. The molecule has 2 fully saturated rings. The van der Waals surface area contributed by atoms with Gasteiger partial charge in [0.05, 0.1) is 0 Å². The number of nitrogens with zero attached hydrogens (tertiary/aromatic N) is 1. The van der Waals surface area contributed by atoms with Crippen molar-refractivity contribution >= 4 is 5.91 Å². The van der Waals surface area contributed by atoms with Crippen LogP contribution < -0.4 is 5.73 Å². The zero-order valence-corrected chi connectivity index (χ0v) is 11.1. The van der Waals surface area contributed by atoms with E-state index < -0.39 is 0 Å². The highest BCUT2D eigenvalue weighted by Gasteiger charge is 2.42. The van der Waals surface area contributed by atoms with Gasteiger partial charge in [-0.1, -0.05) is 0 Å². The van der Waals surface area contributed by atoms with Gasteiger partial charge in [0, 0.05) is 24.7 Å². The predicted molar refractivity (Wildman–Crippen MR) is 71.2 cm³/mol. The van der Waals surface area contributed by atoms with Gasteiger partial charge in [0.15, 0.2) is 0 Å². The summed E-state index contributed by atoms with van der Waals surface area (Å²) in [5.74, 6) is 0.839. The summed E-state index contributed by atoms with van der Waals surface area (Å²) in [6.07, 6.45) is 2.49. The van der Waals surface area contributed by atoms with Gasteiger partial charge in [0.2, 0.25) is 0 Å². The summed E-state index contributed by atoms with van der Waals surface area (Å²) in [4.78, 5) is 14.3. The van der Waals surface area contributed by atoms with Crippen LogP contribution in [0.3, 0.4) is 0 Å². The molecule has 1 amide bonds. The van der Waals surface area contributed by atoms with Crippen LogP contribution in [0.25, 0.3) is 0 Å². The highest BCUT2D eigenvalue weighted by Crippen LogP contribution is 2.41. The number of carbonyl (C=O) groups excluding carboxylic acids is 1. The van der Waals surface area contributed by atoms with E-state index in [0.717, 1.165) is 6.54 Å². The average Bonchev–Trinajstić information content (AvgIpc) is 3.12. The Morgan fingerprint density at radius 1 is 1.37 bits per heavy atom. The fourth-order valence-corrected chi connectivity index (χ4v) is 3.08. The van der Waals surface area contributed by atoms with Gasteiger partial charge in [-0.05, 0) is 55.4 Å². The van der Waals surface area contributed by atoms with Gasteiger partial charge in [0.25, 0.3) is 5.91 Å². The van der Waals surface area contributed by atoms with Gasteiger partial charge in [-0.2, -0.15) is 0 Å². The van der Waals surface area contributed by atoms with E-state index in [1.165, 1.54) is 25.0 Å². The summed E-state index contributed by atoms with van der Waals surface area (Å²) < 4.78 is 13.1. The van der Waals surface area contributed by atoms with E-state index in [4.69, 9.17) is 5.73 Å². The van der Waals surface area contributed by atoms with Crippen molar-refractivity contribution < 1.29 is 9.18 Å². The van der Waals surface area contributed by atoms with Crippen LogP contribution in [0.2, 0.25) is 0 Å². The first-order valence-electron chi connectivity index (χ1n) is 6.87. The fraction of sp³-hybridized carbons (Fsp3) is 0.533. The third-order valence-electron chi connectivity index (χ3n) is 4.35. The third kappa shape index (κ3) is 2.37. The molecule has 3 rings (SSSR count). The lowest BCUT2D eigenvalue weighted by atomic mass is 9.99. The summed E-state index contributed by atoms with van der Waals surface area (Å²) >= 11 is 0. The van der Waals surface area contributed by atoms with Crippen molar-refractivity contribution in [3.8, 4) is 0 Å². The molecule has 3 nitrogen and oxygen atoms in total. The maximum Gasteiger partial charge on any atom is 0.254 e. The highest BCUT2D eigenvalue weighted by atomic mass is 19.1. The van der Waals surface area contributed by atoms with Gasteiger partial charge in [0.1, 0.15) is 5.82 Å². The van der Waals surface area contributed by atoms with E-state index in [0.29, 0.717) is 29.5 Å². The van der Waals surface area contributed by atoms with E-state index >= 15 is 0 Å². The number of carbonyl (C=O) groups is 1. The topological polar surface area (TPSA) is 46.3 Å². The molecule has 4 heteroatoms. The van der Waals surface area contributed by atoms with Crippen LogP contribution in [-0.4, -0.2) is 29.9 Å². The number of likely N-dealkylation sites (tertiary alicyclic amines) is 1. The standard InChI is InChI=1S/C15H19FN2O/c1-9-6-11(16)4-5-12(9)15(19)18-7-13(10-2-3-10)14(17)8-18/h4-6,10,13-14H,2-3,7-8,17H2,1H3/t13-,14+/m1/s1. The van der Waals surface area contributed by atoms with E-state index in [2.05, 4.69) is 0 Å². The lowest BCUT2D eigenvalue weighted by Crippen LogP contribution is -2.32. The Labute approximate surface area is 112 Å². The smallest absolute Gasteiger partial charge is 0.254 e. The molecule has 0 aromatic heterocycles. The summed E-state index contributed by atoms with van der Waals surface area (Å²) in [5.41, 5.74) is 7.41. The monoisotopic (exact) mass is 262 g/mol. The molecule has 1 heterocycles. The predicted octanol–water partition coefficient (Wildman–Crippen LogP) is 1.94. The van der Waals surface area contributed by atoms with E-state index in [1.54, 1.807) is 13.0 Å². The fourth-order valence-electron chi connectivity index (χ4n) is 3.08. The van der Waals surface area contributed by atoms with Gasteiger partial charge in [-0.3, -0.25) is 4.79 Å². The second kappa shape index (κ2) is 4.60. The SMILES string of the molecule is Cc1cc(F)ccc1C(=O)N1C[C@H](C2CC2)[C@@H](N)C1. The van der Waals surface area contributed by atoms with Crippen LogP contribution in [0.1, 0.15) is 28.8 Å². The van der Waals surface area contributed by atoms with Crippen LogP contribution >= 0.6 is 0 Å². The number of benzene rings is 1. The first-order chi connectivity index (χ1) is 9.06. The molecule has 1 aliphatic carbocycles. The number of amides is 1. The molecule has 102 valence electrons. The molecule has 2 N–H and O–H groups in total. The number of rotatable bonds is 2. The molecule has 0 bridgehead atoms. The minimum Gasteiger partial charge on any atom is -0.337 e. The quantitative estimate of drug-likeness (QED) is 0.885. The van der Waals surface area contributed by atoms with E-state index in [-0.39, 0.29) is 17.8 Å². The first-order valence-corrected chi connectivity index (χ1v) is 6.87. The molecular formula is C15H19FN2O. The van der Waals surface area contributed by atoms with Crippen LogP contribution in [0.5, 0.6) is 0 Å². The van der Waals surface area contributed by atoms with Crippen LogP contribution in [0, 0.1) is 24.6 Å². The summed E-state index contributed by atoms with van der Waals surface area (Å²) in [5, 5.41) is 0. The summed E-state index contributed by atoms with van der Waals surface area (Å²) in [7, 11) is 0. The summed E-state index contributed by atoms with van der Waals surface area (Å²) in [6, 6.07) is 4.41. The minimum absolute atomic E-state index is 0.0175. The molecule has 0 unspecified atom stereocenters. The summed E-state index contributed by atoms with van der Waals surface area (Å²) in [6.45, 7) is 3.14. The van der Waals surface area contributed by atoms with Gasteiger partial charge < -0.3 is 10.6 Å². The second-order valence-corrected chi connectivity index (χ2v) is 5.83. The molecule has 2 atom stereocenters. The second-order valence-electron chi connectivity index (χ2n) is 5.83. The number of nitrogens with two attached hydrogens (primary N) is 1. The number of aryl methyl sites for hydroxylation is 1. The van der Waals surface area contributed by atoms with Crippen molar-refractivity contribution in [3.05, 3.63) is 35.1 Å². The van der Waals surface area contributed by atoms with Crippen molar-refractivity contribution in [2.24, 2.45) is 17.6 Å². The molecule has 1 saturated carbocycles. The number of hydrogen-bond donors (Lipinski definition) is 1. The average molecular weight is 262 g/mol. The Hall–Kier alpha value is -1.42. The Morgan fingerprint density at radius 3 is 2.74 bits per heavy atom. The third-order valence-corrected chi connectivity index (χ3v) is 4.35. The number of hydrogen-bond acceptors (Lipinski definition) is 2. The zero-order valence-electron chi connectivity index (χ0n) is 11.1. The molecule has 2 aliphatic rings. The Morgan fingerprint density at radius 2 is 2.11 bits per heavy atom. The maximum atomic E-state index is 13.1. The van der Waals surface area contributed by atoms with Crippen molar-refractivity contribution in [2.45, 2.75) is 25.8 Å². The minimum atomic E-state index is -0.303. The lowest BCUT2D eigenvalue weighted by Gasteiger charge is -2.17. The van der Waals surface area contributed by atoms with Crippen molar-refractivity contribution in [3.63, 3.8) is 0 Å². The number of halogens is 1. The Kier molecular flexibility index (Phi) is 3.05. The van der Waals surface area contributed by atoms with Crippen molar-refractivity contribution in [1.29, 1.82) is 0 Å². The molecule has 1 aromatic rings. The molecule has 1 saturated heterocycles. The Balaban J connectivity index is 1.77. The van der Waals surface area contributed by atoms with Gasteiger partial charge >= 0.3 is 0 Å². The zero-order chi connectivity index (χ0) is 13.6. The van der Waals surface area contributed by atoms with Gasteiger partial charge in [-0.15, -0.1) is 0 Å². The van der Waals surface area contributed by atoms with Crippen molar-refractivity contribution in [2.75, 3.05) is 13.1 Å². The maximum absolute atomic E-state index is 13.1. The molecule has 1 aliphatic heterocycles. The first kappa shape index (κ1) is 12.6. The molecule has 1 aromatic carbocycles. The molecule has 19 heavy (non-hydrogen) atoms. The van der Waals surface area contributed by atoms with E-state index in [1.807, 2.05) is 4.90 Å². The van der Waals surface area contributed by atoms with Crippen LogP contribution in [0.15, 0.2) is 18.2 Å². The van der Waals surface area contributed by atoms with Crippen LogP contribution in [-0.2, 0) is 0 Å². The normalized spacial score (nSPS) is 26.8. The molecular weight excluding hydrogens is 243 g/mol. The van der Waals surface area contributed by atoms with Crippen molar-refractivity contribution in [1.82, 2.24) is 4.90 Å². The van der Waals surface area contributed by atoms with Crippen LogP contribution in [0.4, 0.5) is 4.39 Å². The highest BCUT2D eigenvalue weighted by molar-refractivity contribution is 5.95. The largest absolute Gasteiger partial charge is 0.337 e. The Bertz CT molecular complexity index is 513. The molecule has 0 radical (unpaired) electrons. The van der Waals surface area contributed by atoms with Gasteiger partial charge in [-0.25, -0.2) is 4.39 Å². The molecule has 0 spiro atoms. The van der Waals surface area contributed by atoms with E-state index in [9.17, 15) is 9.18 Å².